The van der Waals surface area contributed by atoms with Crippen LogP contribution in [0, 0.1) is 0 Å². The molecule has 0 aliphatic heterocycles. The fourth-order valence-electron chi connectivity index (χ4n) is 4.58. The van der Waals surface area contributed by atoms with Crippen molar-refractivity contribution < 1.29 is 9.59 Å². The fraction of sp³-hybridized carbons (Fsp3) is 0.667. The van der Waals surface area contributed by atoms with Gasteiger partial charge in [-0.2, -0.15) is 0 Å². The Bertz CT molecular complexity index is 822. The minimum Gasteiger partial charge on any atom is -0.388 e. The van der Waals surface area contributed by atoms with E-state index in [4.69, 9.17) is 0 Å². The van der Waals surface area contributed by atoms with Gasteiger partial charge in [0.05, 0.1) is 6.54 Å². The molecule has 0 aliphatic carbocycles. The van der Waals surface area contributed by atoms with Gasteiger partial charge in [-0.15, -0.1) is 0 Å². The van der Waals surface area contributed by atoms with Gasteiger partial charge < -0.3 is 25.3 Å². The van der Waals surface area contributed by atoms with Crippen molar-refractivity contribution in [2.75, 3.05) is 51.6 Å². The molecular weight excluding hydrogens is 462 g/mol. The molecule has 0 spiro atoms. The topological polar surface area (TPSA) is 67.9 Å². The Morgan fingerprint density at radius 3 is 2.22 bits per heavy atom. The van der Waals surface area contributed by atoms with E-state index in [0.29, 0.717) is 13.1 Å². The van der Waals surface area contributed by atoms with Gasteiger partial charge in [-0.3, -0.25) is 9.59 Å². The standard InChI is InChI=1S/C30H53N5O2/c1-8-11-20-33(18-9-2)29(37)23-32-30(25(4)5)34(19-10-3)21-16-26(6)35(24-36)22-17-27-14-12-13-15-28(27)31-7/h12-15,24,26,31-32H,8-11,16-23H2,1-7H3. The maximum absolute atomic E-state index is 12.9. The van der Waals surface area contributed by atoms with Crippen LogP contribution in [0.25, 0.3) is 0 Å². The summed E-state index contributed by atoms with van der Waals surface area (Å²) in [5, 5.41) is 6.70. The zero-order valence-electron chi connectivity index (χ0n) is 24.6. The van der Waals surface area contributed by atoms with Crippen LogP contribution in [0.5, 0.6) is 0 Å². The highest BCUT2D eigenvalue weighted by Gasteiger charge is 2.18. The Hall–Kier alpha value is -2.70. The first-order chi connectivity index (χ1) is 17.8. The minimum atomic E-state index is 0.118. The van der Waals surface area contributed by atoms with Gasteiger partial charge in [0.15, 0.2) is 0 Å². The summed E-state index contributed by atoms with van der Waals surface area (Å²) >= 11 is 0. The molecule has 7 heteroatoms. The van der Waals surface area contributed by atoms with E-state index in [-0.39, 0.29) is 11.9 Å². The highest BCUT2D eigenvalue weighted by Crippen LogP contribution is 2.17. The highest BCUT2D eigenvalue weighted by molar-refractivity contribution is 5.78. The number of nitrogens with zero attached hydrogens (tertiary/aromatic N) is 3. The molecule has 210 valence electrons. The smallest absolute Gasteiger partial charge is 0.241 e. The second-order valence-corrected chi connectivity index (χ2v) is 10.1. The van der Waals surface area contributed by atoms with Crippen molar-refractivity contribution in [3.05, 3.63) is 41.2 Å². The van der Waals surface area contributed by atoms with E-state index in [9.17, 15) is 9.59 Å². The van der Waals surface area contributed by atoms with Crippen LogP contribution < -0.4 is 10.6 Å². The predicted octanol–water partition coefficient (Wildman–Crippen LogP) is 5.10. The maximum Gasteiger partial charge on any atom is 0.241 e. The molecule has 0 radical (unpaired) electrons. The molecule has 1 unspecified atom stereocenters. The number of anilines is 1. The molecule has 1 rings (SSSR count). The second kappa shape index (κ2) is 18.5. The average molecular weight is 516 g/mol. The first-order valence-corrected chi connectivity index (χ1v) is 14.2. The van der Waals surface area contributed by atoms with Crippen LogP contribution in [0.4, 0.5) is 5.69 Å². The summed E-state index contributed by atoms with van der Waals surface area (Å²) in [6.45, 7) is 17.1. The van der Waals surface area contributed by atoms with Crippen LogP contribution in [-0.4, -0.2) is 79.4 Å². The number of nitrogens with one attached hydrogen (secondary N) is 2. The van der Waals surface area contributed by atoms with Gasteiger partial charge in [-0.05, 0) is 70.1 Å². The van der Waals surface area contributed by atoms with E-state index in [1.807, 2.05) is 29.0 Å². The first-order valence-electron chi connectivity index (χ1n) is 14.2. The number of rotatable bonds is 20. The van der Waals surface area contributed by atoms with Crippen LogP contribution >= 0.6 is 0 Å². The number of para-hydroxylation sites is 1. The van der Waals surface area contributed by atoms with Crippen molar-refractivity contribution in [2.24, 2.45) is 0 Å². The van der Waals surface area contributed by atoms with Gasteiger partial charge in [0.1, 0.15) is 5.82 Å². The molecule has 0 saturated heterocycles. The van der Waals surface area contributed by atoms with Gasteiger partial charge in [0, 0.05) is 51.5 Å². The Morgan fingerprint density at radius 1 is 0.946 bits per heavy atom. The summed E-state index contributed by atoms with van der Waals surface area (Å²) in [5.74, 6) is 1.20. The lowest BCUT2D eigenvalue weighted by Gasteiger charge is -2.33. The molecule has 7 nitrogen and oxygen atoms in total. The summed E-state index contributed by atoms with van der Waals surface area (Å²) in [7, 11) is 1.93. The zero-order chi connectivity index (χ0) is 27.6. The molecule has 0 aromatic heterocycles. The number of unbranched alkanes of at least 4 members (excludes halogenated alkanes) is 1. The second-order valence-electron chi connectivity index (χ2n) is 10.1. The lowest BCUT2D eigenvalue weighted by molar-refractivity contribution is -0.130. The first kappa shape index (κ1) is 32.3. The summed E-state index contributed by atoms with van der Waals surface area (Å²) in [6, 6.07) is 8.36. The molecule has 37 heavy (non-hydrogen) atoms. The van der Waals surface area contributed by atoms with Crippen molar-refractivity contribution in [1.82, 2.24) is 20.0 Å². The number of carbonyl (C=O) groups is 2. The SMILES string of the molecule is CCCCN(CCC)C(=O)CNC(=C(C)C)N(CCC)CCC(C)N(C=O)CCc1ccccc1NC. The highest BCUT2D eigenvalue weighted by atomic mass is 16.2. The van der Waals surface area contributed by atoms with Crippen molar-refractivity contribution in [3.8, 4) is 0 Å². The third-order valence-corrected chi connectivity index (χ3v) is 6.76. The number of amides is 2. The summed E-state index contributed by atoms with van der Waals surface area (Å²) in [6.07, 6.45) is 6.76. The van der Waals surface area contributed by atoms with Crippen molar-refractivity contribution >= 4 is 18.0 Å². The molecule has 0 saturated carbocycles. The van der Waals surface area contributed by atoms with Crippen LogP contribution in [-0.2, 0) is 16.0 Å². The number of allylic oxidation sites excluding steroid dienone is 1. The molecule has 2 N–H and O–H groups in total. The third-order valence-electron chi connectivity index (χ3n) is 6.76. The van der Waals surface area contributed by atoms with Crippen molar-refractivity contribution in [3.63, 3.8) is 0 Å². The zero-order valence-corrected chi connectivity index (χ0v) is 24.6. The van der Waals surface area contributed by atoms with E-state index in [0.717, 1.165) is 82.6 Å². The van der Waals surface area contributed by atoms with E-state index in [1.54, 1.807) is 0 Å². The molecule has 0 fully saturated rings. The number of carbonyl (C=O) groups excluding carboxylic acids is 2. The van der Waals surface area contributed by atoms with Crippen molar-refractivity contribution in [1.29, 1.82) is 0 Å². The Kier molecular flexibility index (Phi) is 16.2. The molecule has 2 amide bonds. The van der Waals surface area contributed by atoms with Gasteiger partial charge in [-0.25, -0.2) is 0 Å². The van der Waals surface area contributed by atoms with Crippen LogP contribution in [0.2, 0.25) is 0 Å². The van der Waals surface area contributed by atoms with E-state index in [1.165, 1.54) is 11.1 Å². The van der Waals surface area contributed by atoms with Crippen LogP contribution in [0.15, 0.2) is 35.7 Å². The van der Waals surface area contributed by atoms with Crippen LogP contribution in [0.3, 0.4) is 0 Å². The van der Waals surface area contributed by atoms with Crippen LogP contribution in [0.1, 0.15) is 79.2 Å². The molecule has 1 atom stereocenters. The lowest BCUT2D eigenvalue weighted by atomic mass is 10.1. The van der Waals surface area contributed by atoms with Gasteiger partial charge >= 0.3 is 0 Å². The molecule has 0 aliphatic rings. The molecule has 0 bridgehead atoms. The molecule has 1 aromatic carbocycles. The Balaban J connectivity index is 2.78. The lowest BCUT2D eigenvalue weighted by Crippen LogP contribution is -2.43. The largest absolute Gasteiger partial charge is 0.388 e. The summed E-state index contributed by atoms with van der Waals surface area (Å²) < 4.78 is 0. The van der Waals surface area contributed by atoms with E-state index in [2.05, 4.69) is 69.2 Å². The molecule has 1 aromatic rings. The summed E-state index contributed by atoms with van der Waals surface area (Å²) in [5.41, 5.74) is 3.49. The van der Waals surface area contributed by atoms with Gasteiger partial charge in [0.2, 0.25) is 12.3 Å². The molecular formula is C30H53N5O2. The minimum absolute atomic E-state index is 0.118. The predicted molar refractivity (Wildman–Crippen MR) is 157 cm³/mol. The monoisotopic (exact) mass is 515 g/mol. The van der Waals surface area contributed by atoms with Gasteiger partial charge in [0.25, 0.3) is 0 Å². The summed E-state index contributed by atoms with van der Waals surface area (Å²) in [4.78, 5) is 31.1. The normalized spacial score (nSPS) is 11.4. The Morgan fingerprint density at radius 2 is 1.62 bits per heavy atom. The number of hydrogen-bond acceptors (Lipinski definition) is 5. The Labute approximate surface area is 226 Å². The van der Waals surface area contributed by atoms with Gasteiger partial charge in [-0.1, -0.05) is 45.4 Å². The fourth-order valence-corrected chi connectivity index (χ4v) is 4.58. The van der Waals surface area contributed by atoms with Crippen molar-refractivity contribution in [2.45, 2.75) is 86.1 Å². The van der Waals surface area contributed by atoms with E-state index >= 15 is 0 Å². The third kappa shape index (κ3) is 11.5. The quantitative estimate of drug-likeness (QED) is 0.237. The number of hydrogen-bond donors (Lipinski definition) is 2. The van der Waals surface area contributed by atoms with E-state index < -0.39 is 0 Å². The number of benzene rings is 1. The maximum atomic E-state index is 12.9. The molecule has 0 heterocycles. The average Bonchev–Trinajstić information content (AvgIpc) is 2.89.